The molecule has 2 N–H and O–H groups in total. The van der Waals surface area contributed by atoms with Crippen molar-refractivity contribution in [3.05, 3.63) is 17.0 Å². The van der Waals surface area contributed by atoms with Crippen molar-refractivity contribution >= 4 is 21.4 Å². The van der Waals surface area contributed by atoms with Crippen LogP contribution in [0.1, 0.15) is 31.6 Å². The molecule has 5 nitrogen and oxygen atoms in total. The Morgan fingerprint density at radius 2 is 2.10 bits per heavy atom. The SMILES string of the molecule is CCCC(COC)NS(=O)(=O)c1ccc(CCNCC)s1. The number of thiophene rings is 1. The van der Waals surface area contributed by atoms with Gasteiger partial charge < -0.3 is 10.1 Å². The fourth-order valence-corrected chi connectivity index (χ4v) is 4.66. The molecule has 7 heteroatoms. The van der Waals surface area contributed by atoms with Crippen LogP contribution in [0.15, 0.2) is 16.3 Å². The van der Waals surface area contributed by atoms with Crippen LogP contribution in [0.5, 0.6) is 0 Å². The Bertz CT molecular complexity index is 494. The van der Waals surface area contributed by atoms with Crippen LogP contribution in [0.25, 0.3) is 0 Å². The summed E-state index contributed by atoms with van der Waals surface area (Å²) in [7, 11) is -1.86. The minimum atomic E-state index is -3.45. The van der Waals surface area contributed by atoms with Crippen molar-refractivity contribution in [1.29, 1.82) is 0 Å². The number of likely N-dealkylation sites (N-methyl/N-ethyl adjacent to an activating group) is 1. The topological polar surface area (TPSA) is 67.4 Å². The highest BCUT2D eigenvalue weighted by Gasteiger charge is 2.21. The van der Waals surface area contributed by atoms with Crippen LogP contribution in [-0.2, 0) is 21.2 Å². The summed E-state index contributed by atoms with van der Waals surface area (Å²) in [6.07, 6.45) is 2.53. The molecule has 0 saturated carbocycles. The Hall–Kier alpha value is -0.470. The largest absolute Gasteiger partial charge is 0.383 e. The van der Waals surface area contributed by atoms with Crippen molar-refractivity contribution in [3.8, 4) is 0 Å². The smallest absolute Gasteiger partial charge is 0.250 e. The van der Waals surface area contributed by atoms with Gasteiger partial charge in [0.15, 0.2) is 0 Å². The van der Waals surface area contributed by atoms with Gasteiger partial charge in [0.2, 0.25) is 10.0 Å². The van der Waals surface area contributed by atoms with Crippen LogP contribution < -0.4 is 10.0 Å². The van der Waals surface area contributed by atoms with E-state index in [0.29, 0.717) is 10.8 Å². The Balaban J connectivity index is 2.68. The van der Waals surface area contributed by atoms with E-state index in [1.165, 1.54) is 11.3 Å². The fourth-order valence-electron chi connectivity index (χ4n) is 2.03. The van der Waals surface area contributed by atoms with Crippen molar-refractivity contribution in [2.75, 3.05) is 26.8 Å². The molecule has 0 fully saturated rings. The van der Waals surface area contributed by atoms with E-state index in [4.69, 9.17) is 4.74 Å². The lowest BCUT2D eigenvalue weighted by molar-refractivity contribution is 0.171. The van der Waals surface area contributed by atoms with Gasteiger partial charge in [-0.3, -0.25) is 0 Å². The molecule has 1 heterocycles. The van der Waals surface area contributed by atoms with E-state index in [0.717, 1.165) is 37.2 Å². The zero-order chi connectivity index (χ0) is 15.7. The highest BCUT2D eigenvalue weighted by molar-refractivity contribution is 7.91. The van der Waals surface area contributed by atoms with Crippen LogP contribution in [0, 0.1) is 0 Å². The molecule has 0 spiro atoms. The lowest BCUT2D eigenvalue weighted by Crippen LogP contribution is -2.37. The lowest BCUT2D eigenvalue weighted by atomic mass is 10.2. The van der Waals surface area contributed by atoms with Gasteiger partial charge in [-0.1, -0.05) is 20.3 Å². The summed E-state index contributed by atoms with van der Waals surface area (Å²) in [5.74, 6) is 0. The van der Waals surface area contributed by atoms with Crippen molar-refractivity contribution < 1.29 is 13.2 Å². The first-order valence-corrected chi connectivity index (χ1v) is 9.64. The Morgan fingerprint density at radius 3 is 2.71 bits per heavy atom. The predicted molar refractivity (Wildman–Crippen MR) is 87.5 cm³/mol. The predicted octanol–water partition coefficient (Wildman–Crippen LogP) is 1.99. The van der Waals surface area contributed by atoms with Crippen molar-refractivity contribution in [1.82, 2.24) is 10.0 Å². The maximum atomic E-state index is 12.4. The molecular weight excluding hydrogens is 308 g/mol. The zero-order valence-electron chi connectivity index (χ0n) is 13.0. The third kappa shape index (κ3) is 6.44. The first-order chi connectivity index (χ1) is 10.0. The Morgan fingerprint density at radius 1 is 1.33 bits per heavy atom. The molecule has 0 saturated heterocycles. The molecule has 122 valence electrons. The summed E-state index contributed by atoms with van der Waals surface area (Å²) in [4.78, 5) is 1.08. The summed E-state index contributed by atoms with van der Waals surface area (Å²) in [5, 5.41) is 3.24. The van der Waals surface area contributed by atoms with Gasteiger partial charge in [0, 0.05) is 18.0 Å². The number of methoxy groups -OCH3 is 1. The lowest BCUT2D eigenvalue weighted by Gasteiger charge is -2.16. The molecule has 1 aromatic heterocycles. The third-order valence-corrected chi connectivity index (χ3v) is 6.18. The number of nitrogens with one attached hydrogen (secondary N) is 2. The van der Waals surface area contributed by atoms with Crippen LogP contribution in [-0.4, -0.2) is 41.3 Å². The van der Waals surface area contributed by atoms with Crippen LogP contribution in [0.4, 0.5) is 0 Å². The molecule has 0 radical (unpaired) electrons. The van der Waals surface area contributed by atoms with E-state index in [9.17, 15) is 8.42 Å². The number of sulfonamides is 1. The maximum Gasteiger partial charge on any atom is 0.250 e. The maximum absolute atomic E-state index is 12.4. The second kappa shape index (κ2) is 9.53. The van der Waals surface area contributed by atoms with E-state index in [-0.39, 0.29) is 6.04 Å². The minimum absolute atomic E-state index is 0.169. The summed E-state index contributed by atoms with van der Waals surface area (Å²) in [6, 6.07) is 3.41. The van der Waals surface area contributed by atoms with E-state index >= 15 is 0 Å². The molecule has 0 amide bonds. The summed E-state index contributed by atoms with van der Waals surface area (Å²) in [5.41, 5.74) is 0. The van der Waals surface area contributed by atoms with Gasteiger partial charge in [0.05, 0.1) is 6.61 Å². The number of rotatable bonds is 11. The van der Waals surface area contributed by atoms with Gasteiger partial charge in [-0.15, -0.1) is 11.3 Å². The van der Waals surface area contributed by atoms with Crippen molar-refractivity contribution in [2.24, 2.45) is 0 Å². The molecule has 0 aromatic carbocycles. The molecule has 1 atom stereocenters. The highest BCUT2D eigenvalue weighted by Crippen LogP contribution is 2.22. The third-order valence-electron chi connectivity index (χ3n) is 3.03. The Labute approximate surface area is 132 Å². The molecule has 1 rings (SSSR count). The standard InChI is InChI=1S/C14H26N2O3S2/c1-4-6-12(11-19-3)16-21(17,18)14-8-7-13(20-14)9-10-15-5-2/h7-8,12,15-16H,4-6,9-11H2,1-3H3. The van der Waals surface area contributed by atoms with Crippen LogP contribution >= 0.6 is 11.3 Å². The molecule has 0 aliphatic rings. The second-order valence-corrected chi connectivity index (χ2v) is 8.00. The monoisotopic (exact) mass is 334 g/mol. The number of hydrogen-bond donors (Lipinski definition) is 2. The molecule has 0 aliphatic heterocycles. The van der Waals surface area contributed by atoms with Crippen LogP contribution in [0.3, 0.4) is 0 Å². The normalized spacial score (nSPS) is 13.5. The van der Waals surface area contributed by atoms with E-state index in [2.05, 4.69) is 17.0 Å². The second-order valence-electron chi connectivity index (χ2n) is 4.89. The van der Waals surface area contributed by atoms with Gasteiger partial charge >= 0.3 is 0 Å². The van der Waals surface area contributed by atoms with Crippen molar-refractivity contribution in [2.45, 2.75) is 43.4 Å². The van der Waals surface area contributed by atoms with E-state index in [1.807, 2.05) is 13.0 Å². The van der Waals surface area contributed by atoms with Gasteiger partial charge in [0.25, 0.3) is 0 Å². The first-order valence-electron chi connectivity index (χ1n) is 7.34. The average molecular weight is 335 g/mol. The summed E-state index contributed by atoms with van der Waals surface area (Å²) < 4.78 is 32.9. The van der Waals surface area contributed by atoms with Gasteiger partial charge in [-0.25, -0.2) is 13.1 Å². The summed E-state index contributed by atoms with van der Waals surface area (Å²) >= 11 is 1.34. The number of ether oxygens (including phenoxy) is 1. The Kier molecular flexibility index (Phi) is 8.43. The van der Waals surface area contributed by atoms with Crippen molar-refractivity contribution in [3.63, 3.8) is 0 Å². The molecule has 0 bridgehead atoms. The quantitative estimate of drug-likeness (QED) is 0.607. The number of hydrogen-bond acceptors (Lipinski definition) is 5. The van der Waals surface area contributed by atoms with Gasteiger partial charge in [0.1, 0.15) is 4.21 Å². The zero-order valence-corrected chi connectivity index (χ0v) is 14.6. The minimum Gasteiger partial charge on any atom is -0.383 e. The van der Waals surface area contributed by atoms with E-state index < -0.39 is 10.0 Å². The van der Waals surface area contributed by atoms with Gasteiger partial charge in [-0.05, 0) is 38.1 Å². The molecule has 1 aromatic rings. The summed E-state index contributed by atoms with van der Waals surface area (Å²) in [6.45, 7) is 6.27. The van der Waals surface area contributed by atoms with Gasteiger partial charge in [-0.2, -0.15) is 0 Å². The molecular formula is C14H26N2O3S2. The van der Waals surface area contributed by atoms with Crippen LogP contribution in [0.2, 0.25) is 0 Å². The average Bonchev–Trinajstić information content (AvgIpc) is 2.89. The fraction of sp³-hybridized carbons (Fsp3) is 0.714. The molecule has 0 aliphatic carbocycles. The van der Waals surface area contributed by atoms with E-state index in [1.54, 1.807) is 13.2 Å². The highest BCUT2D eigenvalue weighted by atomic mass is 32.2. The first kappa shape index (κ1) is 18.6. The molecule has 1 unspecified atom stereocenters. The molecule has 21 heavy (non-hydrogen) atoms.